The molecule has 0 unspecified atom stereocenters. The summed E-state index contributed by atoms with van der Waals surface area (Å²) in [5.74, 6) is 0. The zero-order chi connectivity index (χ0) is 24.2. The predicted molar refractivity (Wildman–Crippen MR) is 153 cm³/mol. The highest BCUT2D eigenvalue weighted by Crippen LogP contribution is 2.40. The van der Waals surface area contributed by atoms with Gasteiger partial charge in [-0.1, -0.05) is 91.0 Å². The van der Waals surface area contributed by atoms with Crippen LogP contribution in [0.25, 0.3) is 10.8 Å². The van der Waals surface area contributed by atoms with Gasteiger partial charge < -0.3 is 9.80 Å². The average molecular weight is 463 g/mol. The number of rotatable bonds is 6. The summed E-state index contributed by atoms with van der Waals surface area (Å²) in [4.78, 5) is 4.62. The SMILES string of the molecule is c1ccc(N(c2ccccc2)c2ccc(N(c3ccccc3)c3cccc4ccccc34)cc2)cc1. The van der Waals surface area contributed by atoms with Crippen molar-refractivity contribution >= 4 is 44.9 Å². The summed E-state index contributed by atoms with van der Waals surface area (Å²) in [6.07, 6.45) is 0. The van der Waals surface area contributed by atoms with Gasteiger partial charge in [0.05, 0.1) is 5.69 Å². The van der Waals surface area contributed by atoms with Gasteiger partial charge in [0.1, 0.15) is 0 Å². The van der Waals surface area contributed by atoms with Gasteiger partial charge in [-0.25, -0.2) is 0 Å². The normalized spacial score (nSPS) is 10.8. The molecular formula is C34H26N2. The topological polar surface area (TPSA) is 6.48 Å². The summed E-state index contributed by atoms with van der Waals surface area (Å²) in [6.45, 7) is 0. The van der Waals surface area contributed by atoms with Gasteiger partial charge in [-0.2, -0.15) is 0 Å². The van der Waals surface area contributed by atoms with Crippen molar-refractivity contribution in [3.8, 4) is 0 Å². The number of para-hydroxylation sites is 3. The van der Waals surface area contributed by atoms with Gasteiger partial charge in [-0.3, -0.25) is 0 Å². The average Bonchev–Trinajstić information content (AvgIpc) is 2.96. The Labute approximate surface area is 212 Å². The van der Waals surface area contributed by atoms with Gasteiger partial charge in [0.15, 0.2) is 0 Å². The lowest BCUT2D eigenvalue weighted by atomic mass is 10.1. The molecule has 0 aromatic heterocycles. The molecule has 0 aliphatic heterocycles. The molecule has 0 bridgehead atoms. The molecule has 0 heterocycles. The first-order valence-electron chi connectivity index (χ1n) is 12.2. The maximum absolute atomic E-state index is 2.33. The fourth-order valence-electron chi connectivity index (χ4n) is 4.76. The second-order valence-corrected chi connectivity index (χ2v) is 8.69. The molecular weight excluding hydrogens is 436 g/mol. The number of hydrogen-bond acceptors (Lipinski definition) is 2. The Hall–Kier alpha value is -4.82. The number of hydrogen-bond donors (Lipinski definition) is 0. The zero-order valence-electron chi connectivity index (χ0n) is 19.9. The van der Waals surface area contributed by atoms with E-state index in [0.29, 0.717) is 0 Å². The van der Waals surface area contributed by atoms with Gasteiger partial charge >= 0.3 is 0 Å². The molecule has 0 saturated carbocycles. The van der Waals surface area contributed by atoms with Crippen LogP contribution in [0.5, 0.6) is 0 Å². The van der Waals surface area contributed by atoms with E-state index in [4.69, 9.17) is 0 Å². The van der Waals surface area contributed by atoms with E-state index in [1.165, 1.54) is 10.8 Å². The van der Waals surface area contributed by atoms with Crippen molar-refractivity contribution < 1.29 is 0 Å². The van der Waals surface area contributed by atoms with Crippen LogP contribution in [0.4, 0.5) is 34.1 Å². The van der Waals surface area contributed by atoms with E-state index < -0.39 is 0 Å². The molecule has 0 fully saturated rings. The Morgan fingerprint density at radius 1 is 0.278 bits per heavy atom. The van der Waals surface area contributed by atoms with Crippen molar-refractivity contribution in [3.63, 3.8) is 0 Å². The molecule has 0 spiro atoms. The Morgan fingerprint density at radius 2 is 0.667 bits per heavy atom. The van der Waals surface area contributed by atoms with Crippen LogP contribution in [0.15, 0.2) is 158 Å². The summed E-state index contributed by atoms with van der Waals surface area (Å²) in [7, 11) is 0. The summed E-state index contributed by atoms with van der Waals surface area (Å²) >= 11 is 0. The number of nitrogens with zero attached hydrogens (tertiary/aromatic N) is 2. The van der Waals surface area contributed by atoms with Gasteiger partial charge in [-0.05, 0) is 72.1 Å². The highest BCUT2D eigenvalue weighted by molar-refractivity contribution is 5.99. The van der Waals surface area contributed by atoms with Gasteiger partial charge in [-0.15, -0.1) is 0 Å². The van der Waals surface area contributed by atoms with Crippen LogP contribution in [-0.4, -0.2) is 0 Å². The standard InChI is InChI=1S/C34H26N2/c1-4-15-28(16-5-1)35(29-17-6-2-7-18-29)31-23-25-32(26-24-31)36(30-19-8-3-9-20-30)34-22-12-14-27-13-10-11-21-33(27)34/h1-26H. The number of fused-ring (bicyclic) bond motifs is 1. The fraction of sp³-hybridized carbons (Fsp3) is 0. The van der Waals surface area contributed by atoms with Gasteiger partial charge in [0, 0.05) is 33.8 Å². The Bertz CT molecular complexity index is 1520. The smallest absolute Gasteiger partial charge is 0.0540 e. The third kappa shape index (κ3) is 4.21. The van der Waals surface area contributed by atoms with E-state index in [-0.39, 0.29) is 0 Å². The van der Waals surface area contributed by atoms with Crippen LogP contribution in [0.3, 0.4) is 0 Å². The fourth-order valence-corrected chi connectivity index (χ4v) is 4.76. The van der Waals surface area contributed by atoms with E-state index in [1.54, 1.807) is 0 Å². The molecule has 172 valence electrons. The van der Waals surface area contributed by atoms with Crippen molar-refractivity contribution in [1.82, 2.24) is 0 Å². The van der Waals surface area contributed by atoms with Crippen LogP contribution >= 0.6 is 0 Å². The second-order valence-electron chi connectivity index (χ2n) is 8.69. The number of anilines is 6. The maximum Gasteiger partial charge on any atom is 0.0540 e. The second kappa shape index (κ2) is 9.81. The van der Waals surface area contributed by atoms with E-state index in [0.717, 1.165) is 34.1 Å². The Morgan fingerprint density at radius 3 is 1.22 bits per heavy atom. The third-order valence-electron chi connectivity index (χ3n) is 6.42. The quantitative estimate of drug-likeness (QED) is 0.243. The Kier molecular flexibility index (Phi) is 5.91. The number of benzene rings is 6. The first-order valence-corrected chi connectivity index (χ1v) is 12.2. The minimum Gasteiger partial charge on any atom is -0.311 e. The van der Waals surface area contributed by atoms with Crippen LogP contribution < -0.4 is 9.80 Å². The summed E-state index contributed by atoms with van der Waals surface area (Å²) in [6, 6.07) is 55.5. The molecule has 0 saturated heterocycles. The summed E-state index contributed by atoms with van der Waals surface area (Å²) in [5, 5.41) is 2.45. The minimum absolute atomic E-state index is 1.11. The minimum atomic E-state index is 1.11. The van der Waals surface area contributed by atoms with Crippen LogP contribution in [0.1, 0.15) is 0 Å². The van der Waals surface area contributed by atoms with E-state index in [2.05, 4.69) is 168 Å². The molecule has 0 amide bonds. The van der Waals surface area contributed by atoms with Crippen LogP contribution in [0, 0.1) is 0 Å². The molecule has 6 aromatic carbocycles. The Balaban J connectivity index is 1.47. The predicted octanol–water partition coefficient (Wildman–Crippen LogP) is 9.78. The molecule has 0 atom stereocenters. The molecule has 36 heavy (non-hydrogen) atoms. The molecule has 0 N–H and O–H groups in total. The van der Waals surface area contributed by atoms with E-state index in [9.17, 15) is 0 Å². The highest BCUT2D eigenvalue weighted by Gasteiger charge is 2.17. The molecule has 6 aromatic rings. The van der Waals surface area contributed by atoms with Crippen molar-refractivity contribution in [2.24, 2.45) is 0 Å². The molecule has 0 aliphatic carbocycles. The van der Waals surface area contributed by atoms with Crippen molar-refractivity contribution in [1.29, 1.82) is 0 Å². The van der Waals surface area contributed by atoms with Gasteiger partial charge in [0.2, 0.25) is 0 Å². The molecule has 0 radical (unpaired) electrons. The lowest BCUT2D eigenvalue weighted by Crippen LogP contribution is -2.12. The largest absolute Gasteiger partial charge is 0.311 e. The van der Waals surface area contributed by atoms with E-state index >= 15 is 0 Å². The zero-order valence-corrected chi connectivity index (χ0v) is 19.9. The van der Waals surface area contributed by atoms with Crippen molar-refractivity contribution in [3.05, 3.63) is 158 Å². The lowest BCUT2D eigenvalue weighted by Gasteiger charge is -2.29. The highest BCUT2D eigenvalue weighted by atomic mass is 15.2. The first kappa shape index (κ1) is 21.7. The summed E-state index contributed by atoms with van der Waals surface area (Å²) in [5.41, 5.74) is 6.78. The van der Waals surface area contributed by atoms with Crippen LogP contribution in [-0.2, 0) is 0 Å². The van der Waals surface area contributed by atoms with Gasteiger partial charge in [0.25, 0.3) is 0 Å². The maximum atomic E-state index is 2.33. The van der Waals surface area contributed by atoms with Crippen molar-refractivity contribution in [2.75, 3.05) is 9.80 Å². The lowest BCUT2D eigenvalue weighted by molar-refractivity contribution is 1.26. The summed E-state index contributed by atoms with van der Waals surface area (Å²) < 4.78 is 0. The van der Waals surface area contributed by atoms with E-state index in [1.807, 2.05) is 0 Å². The van der Waals surface area contributed by atoms with Crippen molar-refractivity contribution in [2.45, 2.75) is 0 Å². The molecule has 2 nitrogen and oxygen atoms in total. The monoisotopic (exact) mass is 462 g/mol. The molecule has 6 rings (SSSR count). The third-order valence-corrected chi connectivity index (χ3v) is 6.42. The molecule has 0 aliphatic rings. The molecule has 2 heteroatoms. The van der Waals surface area contributed by atoms with Crippen LogP contribution in [0.2, 0.25) is 0 Å². The first-order chi connectivity index (χ1) is 17.9.